The van der Waals surface area contributed by atoms with Crippen LogP contribution >= 0.6 is 0 Å². The maximum absolute atomic E-state index is 12.2. The fourth-order valence-electron chi connectivity index (χ4n) is 3.02. The Labute approximate surface area is 151 Å². The number of hydrogen-bond donors (Lipinski definition) is 2. The molecule has 2 heterocycles. The summed E-state index contributed by atoms with van der Waals surface area (Å²) in [5.74, 6) is -0.172. The molecule has 0 atom stereocenters. The van der Waals surface area contributed by atoms with Gasteiger partial charge in [0.15, 0.2) is 0 Å². The second-order valence-corrected chi connectivity index (χ2v) is 6.45. The van der Waals surface area contributed by atoms with Gasteiger partial charge in [0, 0.05) is 28.1 Å². The third kappa shape index (κ3) is 3.09. The number of aromatic nitrogens is 2. The maximum atomic E-state index is 12.2. The number of rotatable bonds is 3. The van der Waals surface area contributed by atoms with Crippen molar-refractivity contribution in [1.82, 2.24) is 9.97 Å². The Balaban J connectivity index is 1.56. The molecule has 4 aromatic rings. The second-order valence-electron chi connectivity index (χ2n) is 6.45. The highest BCUT2D eigenvalue weighted by Gasteiger charge is 2.05. The van der Waals surface area contributed by atoms with Gasteiger partial charge in [0.05, 0.1) is 17.4 Å². The van der Waals surface area contributed by atoms with Crippen LogP contribution < -0.4 is 5.32 Å². The molecule has 0 aliphatic rings. The van der Waals surface area contributed by atoms with E-state index in [0.29, 0.717) is 0 Å². The van der Waals surface area contributed by atoms with Gasteiger partial charge in [-0.05, 0) is 55.3 Å². The van der Waals surface area contributed by atoms with Gasteiger partial charge in [0.1, 0.15) is 0 Å². The third-order valence-corrected chi connectivity index (χ3v) is 4.59. The molecule has 26 heavy (non-hydrogen) atoms. The Morgan fingerprint density at radius 2 is 1.85 bits per heavy atom. The Kier molecular flexibility index (Phi) is 4.01. The van der Waals surface area contributed by atoms with Crippen LogP contribution in [0.2, 0.25) is 0 Å². The molecule has 4 heteroatoms. The van der Waals surface area contributed by atoms with Gasteiger partial charge in [-0.3, -0.25) is 9.78 Å². The Morgan fingerprint density at radius 3 is 2.69 bits per heavy atom. The van der Waals surface area contributed by atoms with E-state index in [-0.39, 0.29) is 5.91 Å². The Hall–Kier alpha value is -3.40. The molecule has 1 amide bonds. The van der Waals surface area contributed by atoms with Crippen LogP contribution in [-0.2, 0) is 4.79 Å². The molecule has 0 bridgehead atoms. The van der Waals surface area contributed by atoms with Crippen LogP contribution in [0.5, 0.6) is 0 Å². The number of pyridine rings is 1. The SMILES string of the molecule is Cc1ccc(NC(=O)/C=C/c2cc3c(cn2)[nH]c2ccccc23)cc1C. The molecule has 0 saturated carbocycles. The number of para-hydroxylation sites is 1. The van der Waals surface area contributed by atoms with Crippen LogP contribution in [0, 0.1) is 13.8 Å². The molecule has 128 valence electrons. The Bertz CT molecular complexity index is 1150. The summed E-state index contributed by atoms with van der Waals surface area (Å²) in [4.78, 5) is 19.9. The summed E-state index contributed by atoms with van der Waals surface area (Å²) < 4.78 is 0. The quantitative estimate of drug-likeness (QED) is 0.516. The molecule has 4 nitrogen and oxygen atoms in total. The molecule has 4 rings (SSSR count). The number of carbonyl (C=O) groups excluding carboxylic acids is 1. The molecule has 2 aromatic carbocycles. The molecule has 0 fully saturated rings. The van der Waals surface area contributed by atoms with Crippen molar-refractivity contribution in [3.63, 3.8) is 0 Å². The van der Waals surface area contributed by atoms with Crippen molar-refractivity contribution >= 4 is 39.5 Å². The fourth-order valence-corrected chi connectivity index (χ4v) is 3.02. The second kappa shape index (κ2) is 6.48. The van der Waals surface area contributed by atoms with E-state index in [9.17, 15) is 4.79 Å². The van der Waals surface area contributed by atoms with E-state index in [1.807, 2.05) is 56.3 Å². The van der Waals surface area contributed by atoms with Crippen molar-refractivity contribution in [3.05, 3.63) is 77.6 Å². The summed E-state index contributed by atoms with van der Waals surface area (Å²) in [6.07, 6.45) is 5.05. The normalized spacial score (nSPS) is 11.5. The number of fused-ring (bicyclic) bond motifs is 3. The van der Waals surface area contributed by atoms with E-state index in [4.69, 9.17) is 0 Å². The number of aromatic amines is 1. The van der Waals surface area contributed by atoms with Crippen LogP contribution in [0.3, 0.4) is 0 Å². The van der Waals surface area contributed by atoms with Crippen LogP contribution in [0.1, 0.15) is 16.8 Å². The molecular weight excluding hydrogens is 322 g/mol. The molecule has 2 N–H and O–H groups in total. The summed E-state index contributed by atoms with van der Waals surface area (Å²) in [5, 5.41) is 5.14. The molecule has 0 aliphatic heterocycles. The van der Waals surface area contributed by atoms with E-state index in [2.05, 4.69) is 21.4 Å². The summed E-state index contributed by atoms with van der Waals surface area (Å²) >= 11 is 0. The first-order valence-corrected chi connectivity index (χ1v) is 8.53. The van der Waals surface area contributed by atoms with E-state index in [0.717, 1.165) is 38.8 Å². The first-order valence-electron chi connectivity index (χ1n) is 8.53. The van der Waals surface area contributed by atoms with Crippen LogP contribution in [0.25, 0.3) is 27.9 Å². The molecule has 0 radical (unpaired) electrons. The maximum Gasteiger partial charge on any atom is 0.248 e. The smallest absolute Gasteiger partial charge is 0.248 e. The number of anilines is 1. The number of benzene rings is 2. The minimum Gasteiger partial charge on any atom is -0.353 e. The van der Waals surface area contributed by atoms with Gasteiger partial charge in [-0.1, -0.05) is 24.3 Å². The zero-order chi connectivity index (χ0) is 18.1. The molecule has 2 aromatic heterocycles. The zero-order valence-corrected chi connectivity index (χ0v) is 14.7. The van der Waals surface area contributed by atoms with E-state index in [1.165, 1.54) is 11.6 Å². The minimum atomic E-state index is -0.172. The number of carbonyl (C=O) groups is 1. The van der Waals surface area contributed by atoms with Gasteiger partial charge in [-0.2, -0.15) is 0 Å². The molecule has 0 unspecified atom stereocenters. The molecule has 0 aliphatic carbocycles. The number of aryl methyl sites for hydroxylation is 2. The van der Waals surface area contributed by atoms with E-state index >= 15 is 0 Å². The van der Waals surface area contributed by atoms with Crippen LogP contribution in [0.15, 0.2) is 60.8 Å². The van der Waals surface area contributed by atoms with Crippen molar-refractivity contribution in [2.75, 3.05) is 5.32 Å². The van der Waals surface area contributed by atoms with Gasteiger partial charge in [0.2, 0.25) is 5.91 Å². The predicted octanol–water partition coefficient (Wildman–Crippen LogP) is 4.98. The number of amides is 1. The first-order chi connectivity index (χ1) is 12.6. The third-order valence-electron chi connectivity index (χ3n) is 4.59. The largest absolute Gasteiger partial charge is 0.353 e. The summed E-state index contributed by atoms with van der Waals surface area (Å²) in [5.41, 5.74) is 5.97. The van der Waals surface area contributed by atoms with Crippen LogP contribution in [0.4, 0.5) is 5.69 Å². The fraction of sp³-hybridized carbons (Fsp3) is 0.0909. The number of hydrogen-bond acceptors (Lipinski definition) is 2. The van der Waals surface area contributed by atoms with Gasteiger partial charge < -0.3 is 10.3 Å². The topological polar surface area (TPSA) is 57.8 Å². The molecule has 0 spiro atoms. The highest BCUT2D eigenvalue weighted by molar-refractivity contribution is 6.07. The zero-order valence-electron chi connectivity index (χ0n) is 14.7. The van der Waals surface area contributed by atoms with Gasteiger partial charge in [-0.25, -0.2) is 0 Å². The van der Waals surface area contributed by atoms with E-state index in [1.54, 1.807) is 12.3 Å². The standard InChI is InChI=1S/C22H19N3O/c1-14-7-8-17(11-15(14)2)24-22(26)10-9-16-12-19-18-5-3-4-6-20(18)25-21(19)13-23-16/h3-13,25H,1-2H3,(H,24,26)/b10-9+. The Morgan fingerprint density at radius 1 is 1.00 bits per heavy atom. The monoisotopic (exact) mass is 341 g/mol. The first kappa shape index (κ1) is 16.1. The van der Waals surface area contributed by atoms with Crippen molar-refractivity contribution in [1.29, 1.82) is 0 Å². The lowest BCUT2D eigenvalue weighted by Crippen LogP contribution is -2.08. The average molecular weight is 341 g/mol. The summed E-state index contributed by atoms with van der Waals surface area (Å²) in [6.45, 7) is 4.08. The molecular formula is C22H19N3O. The van der Waals surface area contributed by atoms with Crippen molar-refractivity contribution in [3.8, 4) is 0 Å². The number of nitrogens with zero attached hydrogens (tertiary/aromatic N) is 1. The van der Waals surface area contributed by atoms with Crippen molar-refractivity contribution in [2.24, 2.45) is 0 Å². The van der Waals surface area contributed by atoms with Gasteiger partial charge in [0.25, 0.3) is 0 Å². The average Bonchev–Trinajstić information content (AvgIpc) is 3.01. The number of H-pyrrole nitrogens is 1. The lowest BCUT2D eigenvalue weighted by atomic mass is 10.1. The van der Waals surface area contributed by atoms with Crippen molar-refractivity contribution < 1.29 is 4.79 Å². The highest BCUT2D eigenvalue weighted by atomic mass is 16.1. The summed E-state index contributed by atoms with van der Waals surface area (Å²) in [7, 11) is 0. The van der Waals surface area contributed by atoms with Crippen LogP contribution in [-0.4, -0.2) is 15.9 Å². The molecule has 0 saturated heterocycles. The number of nitrogens with one attached hydrogen (secondary N) is 2. The minimum absolute atomic E-state index is 0.172. The van der Waals surface area contributed by atoms with Crippen molar-refractivity contribution in [2.45, 2.75) is 13.8 Å². The highest BCUT2D eigenvalue weighted by Crippen LogP contribution is 2.25. The van der Waals surface area contributed by atoms with E-state index < -0.39 is 0 Å². The lowest BCUT2D eigenvalue weighted by molar-refractivity contribution is -0.111. The van der Waals surface area contributed by atoms with Gasteiger partial charge in [-0.15, -0.1) is 0 Å². The van der Waals surface area contributed by atoms with Gasteiger partial charge >= 0.3 is 0 Å². The summed E-state index contributed by atoms with van der Waals surface area (Å²) in [6, 6.07) is 16.0. The predicted molar refractivity (Wildman–Crippen MR) is 107 cm³/mol. The lowest BCUT2D eigenvalue weighted by Gasteiger charge is -2.05.